The molecule has 2 aliphatic rings. The summed E-state index contributed by atoms with van der Waals surface area (Å²) in [4.78, 5) is 16.8. The van der Waals surface area contributed by atoms with E-state index in [1.807, 2.05) is 30.3 Å². The zero-order valence-electron chi connectivity index (χ0n) is 18.4. The number of benzene rings is 2. The van der Waals surface area contributed by atoms with E-state index in [-0.39, 0.29) is 12.7 Å². The number of amides is 1. The van der Waals surface area contributed by atoms with Crippen molar-refractivity contribution in [2.45, 2.75) is 13.0 Å². The van der Waals surface area contributed by atoms with Gasteiger partial charge in [-0.2, -0.15) is 0 Å². The van der Waals surface area contributed by atoms with Crippen LogP contribution in [0.2, 0.25) is 10.0 Å². The Morgan fingerprint density at radius 2 is 1.76 bits per heavy atom. The number of fused-ring (bicyclic) bond motifs is 1. The summed E-state index contributed by atoms with van der Waals surface area (Å²) in [5.41, 5.74) is 1.66. The molecule has 1 atom stereocenters. The monoisotopic (exact) mass is 500 g/mol. The second-order valence-electron chi connectivity index (χ2n) is 7.99. The lowest BCUT2D eigenvalue weighted by molar-refractivity contribution is -0.138. The van der Waals surface area contributed by atoms with Gasteiger partial charge in [-0.25, -0.2) is 0 Å². The van der Waals surface area contributed by atoms with E-state index in [2.05, 4.69) is 15.1 Å². The van der Waals surface area contributed by atoms with E-state index in [4.69, 9.17) is 37.4 Å². The molecule has 176 valence electrons. The molecule has 2 aliphatic heterocycles. The second kappa shape index (κ2) is 9.56. The number of rotatable bonds is 5. The number of piperazine rings is 1. The number of ether oxygens (including phenoxy) is 3. The maximum atomic E-state index is 12.9. The first-order valence-electron chi connectivity index (χ1n) is 10.9. The Morgan fingerprint density at radius 3 is 2.50 bits per heavy atom. The normalized spacial score (nSPS) is 15.9. The molecule has 1 aromatic heterocycles. The van der Waals surface area contributed by atoms with Crippen molar-refractivity contribution in [2.24, 2.45) is 0 Å². The Kier molecular flexibility index (Phi) is 6.34. The van der Waals surface area contributed by atoms with E-state index >= 15 is 0 Å². The van der Waals surface area contributed by atoms with Crippen LogP contribution in [0.15, 0.2) is 48.5 Å². The van der Waals surface area contributed by atoms with E-state index in [9.17, 15) is 4.79 Å². The van der Waals surface area contributed by atoms with Gasteiger partial charge in [0.25, 0.3) is 5.91 Å². The fourth-order valence-electron chi connectivity index (χ4n) is 3.93. The summed E-state index contributed by atoms with van der Waals surface area (Å²) >= 11 is 12.1. The number of hydrogen-bond donors (Lipinski definition) is 0. The van der Waals surface area contributed by atoms with Gasteiger partial charge in [-0.3, -0.25) is 4.79 Å². The largest absolute Gasteiger partial charge is 0.479 e. The zero-order chi connectivity index (χ0) is 23.7. The molecule has 2 aromatic carbocycles. The number of halogens is 2. The minimum absolute atomic E-state index is 0.0880. The second-order valence-corrected chi connectivity index (χ2v) is 8.84. The zero-order valence-corrected chi connectivity index (χ0v) is 19.9. The maximum Gasteiger partial charge on any atom is 0.263 e. The first-order chi connectivity index (χ1) is 16.5. The van der Waals surface area contributed by atoms with Crippen LogP contribution in [-0.2, 0) is 4.79 Å². The Morgan fingerprint density at radius 1 is 0.971 bits per heavy atom. The molecular weight excluding hydrogens is 479 g/mol. The topological polar surface area (TPSA) is 77.0 Å². The molecule has 1 fully saturated rings. The van der Waals surface area contributed by atoms with Crippen LogP contribution in [-0.4, -0.2) is 60.1 Å². The average Bonchev–Trinajstić information content (AvgIpc) is 3.33. The van der Waals surface area contributed by atoms with Gasteiger partial charge >= 0.3 is 0 Å². The van der Waals surface area contributed by atoms with Crippen molar-refractivity contribution in [2.75, 3.05) is 37.9 Å². The first kappa shape index (κ1) is 22.6. The predicted octanol–water partition coefficient (Wildman–Crippen LogP) is 4.30. The van der Waals surface area contributed by atoms with E-state index in [1.165, 1.54) is 0 Å². The molecule has 1 saturated heterocycles. The van der Waals surface area contributed by atoms with Crippen molar-refractivity contribution in [3.05, 3.63) is 58.6 Å². The molecule has 0 radical (unpaired) electrons. The van der Waals surface area contributed by atoms with Crippen molar-refractivity contribution in [1.29, 1.82) is 0 Å². The highest BCUT2D eigenvalue weighted by atomic mass is 35.5. The van der Waals surface area contributed by atoms with Gasteiger partial charge in [-0.1, -0.05) is 23.2 Å². The van der Waals surface area contributed by atoms with Gasteiger partial charge in [0.05, 0.1) is 10.7 Å². The highest BCUT2D eigenvalue weighted by Crippen LogP contribution is 2.35. The fraction of sp³-hybridized carbons (Fsp3) is 0.292. The van der Waals surface area contributed by atoms with Crippen LogP contribution in [0.4, 0.5) is 5.82 Å². The Hall–Kier alpha value is -3.23. The minimum atomic E-state index is -0.661. The van der Waals surface area contributed by atoms with Crippen molar-refractivity contribution in [3.8, 4) is 28.5 Å². The van der Waals surface area contributed by atoms with E-state index in [0.29, 0.717) is 47.7 Å². The van der Waals surface area contributed by atoms with Crippen molar-refractivity contribution in [3.63, 3.8) is 0 Å². The van der Waals surface area contributed by atoms with E-state index in [1.54, 1.807) is 30.0 Å². The molecule has 3 aromatic rings. The molecule has 0 saturated carbocycles. The summed E-state index contributed by atoms with van der Waals surface area (Å²) in [6.07, 6.45) is -0.661. The summed E-state index contributed by atoms with van der Waals surface area (Å²) in [5.74, 6) is 2.56. The third-order valence-corrected chi connectivity index (χ3v) is 6.31. The number of nitrogens with zero attached hydrogens (tertiary/aromatic N) is 4. The van der Waals surface area contributed by atoms with E-state index in [0.717, 1.165) is 22.8 Å². The number of anilines is 1. The predicted molar refractivity (Wildman–Crippen MR) is 129 cm³/mol. The molecule has 1 unspecified atom stereocenters. The van der Waals surface area contributed by atoms with Crippen LogP contribution in [0, 0.1) is 0 Å². The molecule has 5 rings (SSSR count). The summed E-state index contributed by atoms with van der Waals surface area (Å²) in [7, 11) is 0. The molecule has 0 N–H and O–H groups in total. The van der Waals surface area contributed by atoms with Crippen LogP contribution >= 0.6 is 23.2 Å². The fourth-order valence-corrected chi connectivity index (χ4v) is 4.38. The maximum absolute atomic E-state index is 12.9. The number of hydrogen-bond acceptors (Lipinski definition) is 7. The van der Waals surface area contributed by atoms with Crippen molar-refractivity contribution >= 4 is 34.9 Å². The molecule has 10 heteroatoms. The van der Waals surface area contributed by atoms with Gasteiger partial charge < -0.3 is 24.0 Å². The van der Waals surface area contributed by atoms with E-state index < -0.39 is 6.10 Å². The molecule has 0 aliphatic carbocycles. The van der Waals surface area contributed by atoms with Gasteiger partial charge in [0.15, 0.2) is 23.4 Å². The minimum Gasteiger partial charge on any atom is -0.479 e. The lowest BCUT2D eigenvalue weighted by Gasteiger charge is -2.36. The van der Waals surface area contributed by atoms with Crippen LogP contribution in [0.25, 0.3) is 11.3 Å². The smallest absolute Gasteiger partial charge is 0.263 e. The number of aromatic nitrogens is 2. The van der Waals surface area contributed by atoms with Gasteiger partial charge in [0.2, 0.25) is 6.79 Å². The third kappa shape index (κ3) is 4.69. The van der Waals surface area contributed by atoms with Crippen LogP contribution in [0.3, 0.4) is 0 Å². The van der Waals surface area contributed by atoms with Gasteiger partial charge in [0.1, 0.15) is 5.75 Å². The SMILES string of the molecule is CC(Oc1ccc(Cl)cc1Cl)C(=O)N1CCN(c2ccc(-c3ccc4c(c3)OCO4)nn2)CC1. The van der Waals surface area contributed by atoms with Gasteiger partial charge in [-0.05, 0) is 55.5 Å². The molecule has 0 bridgehead atoms. The quantitative estimate of drug-likeness (QED) is 0.516. The lowest BCUT2D eigenvalue weighted by Crippen LogP contribution is -2.52. The van der Waals surface area contributed by atoms with Crippen molar-refractivity contribution in [1.82, 2.24) is 15.1 Å². The van der Waals surface area contributed by atoms with Crippen LogP contribution in [0.1, 0.15) is 6.92 Å². The summed E-state index contributed by atoms with van der Waals surface area (Å²) in [6.45, 7) is 4.38. The molecule has 34 heavy (non-hydrogen) atoms. The molecule has 8 nitrogen and oxygen atoms in total. The summed E-state index contributed by atoms with van der Waals surface area (Å²) in [5, 5.41) is 9.67. The number of carbonyl (C=O) groups is 1. The third-order valence-electron chi connectivity index (χ3n) is 5.78. The molecular formula is C24H22Cl2N4O4. The molecule has 1 amide bonds. The molecule has 0 spiro atoms. The lowest BCUT2D eigenvalue weighted by atomic mass is 10.1. The molecule has 3 heterocycles. The Balaban J connectivity index is 1.17. The van der Waals surface area contributed by atoms with Crippen LogP contribution < -0.4 is 19.1 Å². The van der Waals surface area contributed by atoms with Gasteiger partial charge in [-0.15, -0.1) is 10.2 Å². The van der Waals surface area contributed by atoms with Crippen LogP contribution in [0.5, 0.6) is 17.2 Å². The first-order valence-corrected chi connectivity index (χ1v) is 11.6. The Bertz CT molecular complexity index is 1200. The highest BCUT2D eigenvalue weighted by Gasteiger charge is 2.27. The van der Waals surface area contributed by atoms with Gasteiger partial charge in [0, 0.05) is 36.8 Å². The van der Waals surface area contributed by atoms with Crippen molar-refractivity contribution < 1.29 is 19.0 Å². The summed E-state index contributed by atoms with van der Waals surface area (Å²) < 4.78 is 16.6. The number of carbonyl (C=O) groups excluding carboxylic acids is 1. The highest BCUT2D eigenvalue weighted by molar-refractivity contribution is 6.35. The Labute approximate surface area is 206 Å². The summed E-state index contributed by atoms with van der Waals surface area (Å²) in [6, 6.07) is 14.5. The average molecular weight is 501 g/mol. The standard InChI is InChI=1S/C24H22Cl2N4O4/c1-15(34-20-6-3-17(25)13-18(20)26)24(31)30-10-8-29(9-11-30)23-7-4-19(27-28-23)16-2-5-21-22(12-16)33-14-32-21/h2-7,12-13,15H,8-11,14H2,1H3.